The Balaban J connectivity index is 1.42. The molecule has 0 aliphatic carbocycles. The van der Waals surface area contributed by atoms with Crippen LogP contribution in [0.5, 0.6) is 5.75 Å². The molecule has 1 aromatic carbocycles. The molecule has 5 nitrogen and oxygen atoms in total. The van der Waals surface area contributed by atoms with Crippen LogP contribution in [0.25, 0.3) is 0 Å². The molecule has 1 aliphatic heterocycles. The van der Waals surface area contributed by atoms with E-state index in [1.807, 2.05) is 19.1 Å². The van der Waals surface area contributed by atoms with Gasteiger partial charge in [0.15, 0.2) is 0 Å². The second kappa shape index (κ2) is 6.64. The summed E-state index contributed by atoms with van der Waals surface area (Å²) in [6, 6.07) is 9.62. The third-order valence-electron chi connectivity index (χ3n) is 3.66. The largest absolute Gasteiger partial charge is 0.487 e. The molecule has 0 unspecified atom stereocenters. The van der Waals surface area contributed by atoms with Crippen LogP contribution in [0.15, 0.2) is 42.6 Å². The fourth-order valence-electron chi connectivity index (χ4n) is 2.36. The summed E-state index contributed by atoms with van der Waals surface area (Å²) < 4.78 is 18.6. The average molecular weight is 315 g/mol. The van der Waals surface area contributed by atoms with Gasteiger partial charge in [-0.2, -0.15) is 0 Å². The Hall–Kier alpha value is -2.63. The maximum atomic E-state index is 12.8. The van der Waals surface area contributed by atoms with Crippen molar-refractivity contribution in [2.75, 3.05) is 13.1 Å². The first kappa shape index (κ1) is 15.3. The summed E-state index contributed by atoms with van der Waals surface area (Å²) in [4.78, 5) is 17.8. The molecule has 1 fully saturated rings. The van der Waals surface area contributed by atoms with Crippen LogP contribution in [-0.2, 0) is 6.54 Å². The van der Waals surface area contributed by atoms with Gasteiger partial charge in [0, 0.05) is 24.5 Å². The van der Waals surface area contributed by atoms with E-state index < -0.39 is 0 Å². The van der Waals surface area contributed by atoms with Crippen LogP contribution in [0.4, 0.5) is 9.18 Å². The molecule has 2 aromatic rings. The molecule has 1 aliphatic rings. The molecule has 0 saturated carbocycles. The Kier molecular flexibility index (Phi) is 4.41. The number of ether oxygens (including phenoxy) is 1. The first-order valence-electron chi connectivity index (χ1n) is 7.47. The molecule has 3 rings (SSSR count). The topological polar surface area (TPSA) is 54.5 Å². The van der Waals surface area contributed by atoms with Gasteiger partial charge in [0.2, 0.25) is 0 Å². The molecule has 0 radical (unpaired) electrons. The molecule has 2 heterocycles. The zero-order chi connectivity index (χ0) is 16.2. The van der Waals surface area contributed by atoms with Gasteiger partial charge in [-0.1, -0.05) is 12.1 Å². The Bertz CT molecular complexity index is 684. The summed E-state index contributed by atoms with van der Waals surface area (Å²) in [5, 5.41) is 2.81. The monoisotopic (exact) mass is 315 g/mol. The van der Waals surface area contributed by atoms with Crippen molar-refractivity contribution in [1.29, 1.82) is 0 Å². The van der Waals surface area contributed by atoms with E-state index in [4.69, 9.17) is 4.74 Å². The lowest BCUT2D eigenvalue weighted by atomic mass is 10.2. The van der Waals surface area contributed by atoms with Crippen molar-refractivity contribution >= 4 is 6.03 Å². The summed E-state index contributed by atoms with van der Waals surface area (Å²) in [5.74, 6) is 0.489. The molecule has 1 N–H and O–H groups in total. The highest BCUT2D eigenvalue weighted by Crippen LogP contribution is 2.18. The first-order valence-corrected chi connectivity index (χ1v) is 7.47. The molecule has 0 spiro atoms. The van der Waals surface area contributed by atoms with E-state index in [0.29, 0.717) is 19.6 Å². The molecular formula is C17H18FN3O2. The fraction of sp³-hybridized carbons (Fsp3) is 0.294. The Morgan fingerprint density at radius 3 is 2.78 bits per heavy atom. The third kappa shape index (κ3) is 3.97. The fourth-order valence-corrected chi connectivity index (χ4v) is 2.36. The number of rotatable bonds is 4. The number of pyridine rings is 1. The SMILES string of the molecule is Cc1cc(OC2CN(C(=O)NCc3ccc(F)cc3)C2)ccn1. The Labute approximate surface area is 134 Å². The maximum absolute atomic E-state index is 12.8. The molecule has 23 heavy (non-hydrogen) atoms. The van der Waals surface area contributed by atoms with Gasteiger partial charge in [-0.05, 0) is 30.7 Å². The number of urea groups is 1. The number of hydrogen-bond donors (Lipinski definition) is 1. The number of aryl methyl sites for hydroxylation is 1. The van der Waals surface area contributed by atoms with E-state index in [1.54, 1.807) is 23.2 Å². The van der Waals surface area contributed by atoms with E-state index in [2.05, 4.69) is 10.3 Å². The standard InChI is InChI=1S/C17H18FN3O2/c1-12-8-15(6-7-19-12)23-16-10-21(11-16)17(22)20-9-13-2-4-14(18)5-3-13/h2-8,16H,9-11H2,1H3,(H,20,22). The number of nitrogens with zero attached hydrogens (tertiary/aromatic N) is 2. The second-order valence-electron chi connectivity index (χ2n) is 5.56. The van der Waals surface area contributed by atoms with Crippen LogP contribution in [-0.4, -0.2) is 35.1 Å². The first-order chi connectivity index (χ1) is 11.1. The highest BCUT2D eigenvalue weighted by atomic mass is 19.1. The number of hydrogen-bond acceptors (Lipinski definition) is 3. The van der Waals surface area contributed by atoms with Crippen LogP contribution < -0.4 is 10.1 Å². The zero-order valence-electron chi connectivity index (χ0n) is 12.8. The van der Waals surface area contributed by atoms with Gasteiger partial charge in [0.05, 0.1) is 13.1 Å². The lowest BCUT2D eigenvalue weighted by molar-refractivity contribution is 0.0442. The van der Waals surface area contributed by atoms with Crippen molar-refractivity contribution in [2.45, 2.75) is 19.6 Å². The smallest absolute Gasteiger partial charge is 0.317 e. The minimum absolute atomic E-state index is 0.00775. The number of likely N-dealkylation sites (tertiary alicyclic amines) is 1. The number of carbonyl (C=O) groups is 1. The van der Waals surface area contributed by atoms with Crippen molar-refractivity contribution < 1.29 is 13.9 Å². The van der Waals surface area contributed by atoms with Gasteiger partial charge in [0.25, 0.3) is 0 Å². The van der Waals surface area contributed by atoms with Crippen LogP contribution >= 0.6 is 0 Å². The van der Waals surface area contributed by atoms with E-state index in [-0.39, 0.29) is 18.0 Å². The maximum Gasteiger partial charge on any atom is 0.317 e. The van der Waals surface area contributed by atoms with Crippen molar-refractivity contribution in [3.05, 3.63) is 59.7 Å². The van der Waals surface area contributed by atoms with Gasteiger partial charge < -0.3 is 15.0 Å². The third-order valence-corrected chi connectivity index (χ3v) is 3.66. The molecule has 2 amide bonds. The van der Waals surface area contributed by atoms with E-state index in [1.165, 1.54) is 12.1 Å². The average Bonchev–Trinajstić information content (AvgIpc) is 2.50. The van der Waals surface area contributed by atoms with Gasteiger partial charge in [0.1, 0.15) is 17.7 Å². The van der Waals surface area contributed by atoms with Crippen LogP contribution in [0.2, 0.25) is 0 Å². The zero-order valence-corrected chi connectivity index (χ0v) is 12.8. The molecule has 0 atom stereocenters. The Morgan fingerprint density at radius 1 is 1.35 bits per heavy atom. The lowest BCUT2D eigenvalue weighted by Crippen LogP contribution is -2.58. The minimum atomic E-state index is -0.283. The highest BCUT2D eigenvalue weighted by molar-refractivity contribution is 5.75. The number of nitrogens with one attached hydrogen (secondary N) is 1. The quantitative estimate of drug-likeness (QED) is 0.943. The van der Waals surface area contributed by atoms with Crippen LogP contribution in [0.3, 0.4) is 0 Å². The van der Waals surface area contributed by atoms with E-state index in [9.17, 15) is 9.18 Å². The molecule has 1 aromatic heterocycles. The van der Waals surface area contributed by atoms with Crippen molar-refractivity contribution in [1.82, 2.24) is 15.2 Å². The predicted molar refractivity (Wildman–Crippen MR) is 83.6 cm³/mol. The van der Waals surface area contributed by atoms with Crippen molar-refractivity contribution in [2.24, 2.45) is 0 Å². The number of carbonyl (C=O) groups excluding carboxylic acids is 1. The van der Waals surface area contributed by atoms with E-state index >= 15 is 0 Å². The number of benzene rings is 1. The van der Waals surface area contributed by atoms with Gasteiger partial charge in [-0.15, -0.1) is 0 Å². The van der Waals surface area contributed by atoms with Crippen molar-refractivity contribution in [3.63, 3.8) is 0 Å². The Morgan fingerprint density at radius 2 is 2.09 bits per heavy atom. The van der Waals surface area contributed by atoms with Gasteiger partial charge in [-0.3, -0.25) is 4.98 Å². The summed E-state index contributed by atoms with van der Waals surface area (Å²) in [6.07, 6.45) is 1.71. The summed E-state index contributed by atoms with van der Waals surface area (Å²) in [7, 11) is 0. The van der Waals surface area contributed by atoms with Crippen LogP contribution in [0.1, 0.15) is 11.3 Å². The summed E-state index contributed by atoms with van der Waals surface area (Å²) >= 11 is 0. The number of aromatic nitrogens is 1. The number of amides is 2. The molecule has 0 bridgehead atoms. The summed E-state index contributed by atoms with van der Waals surface area (Å²) in [6.45, 7) is 3.39. The highest BCUT2D eigenvalue weighted by Gasteiger charge is 2.32. The van der Waals surface area contributed by atoms with Crippen LogP contribution in [0, 0.1) is 12.7 Å². The second-order valence-corrected chi connectivity index (χ2v) is 5.56. The molecular weight excluding hydrogens is 297 g/mol. The van der Waals surface area contributed by atoms with Gasteiger partial charge in [-0.25, -0.2) is 9.18 Å². The molecule has 6 heteroatoms. The lowest BCUT2D eigenvalue weighted by Gasteiger charge is -2.38. The van der Waals surface area contributed by atoms with E-state index in [0.717, 1.165) is 17.0 Å². The predicted octanol–water partition coefficient (Wildman–Crippen LogP) is 2.50. The minimum Gasteiger partial charge on any atom is -0.487 e. The number of halogens is 1. The molecule has 1 saturated heterocycles. The summed E-state index contributed by atoms with van der Waals surface area (Å²) in [5.41, 5.74) is 1.76. The van der Waals surface area contributed by atoms with Gasteiger partial charge >= 0.3 is 6.03 Å². The normalized spacial score (nSPS) is 14.3. The van der Waals surface area contributed by atoms with Crippen molar-refractivity contribution in [3.8, 4) is 5.75 Å². The molecule has 120 valence electrons.